The molecule has 2 N–H and O–H groups in total. The molecule has 6 nitrogen and oxygen atoms in total. The molecule has 0 saturated heterocycles. The fraction of sp³-hybridized carbons (Fsp3) is 0.273. The predicted molar refractivity (Wildman–Crippen MR) is 123 cm³/mol. The first kappa shape index (κ1) is 21.5. The first-order valence-corrected chi connectivity index (χ1v) is 10.4. The number of alkyl carbamates (subject to hydrolysis) is 1. The Balaban J connectivity index is 1.85. The molecule has 0 saturated carbocycles. The first-order valence-electron chi connectivity index (χ1n) is 9.34. The second kappa shape index (κ2) is 9.06. The quantitative estimate of drug-likeness (QED) is 0.370. The number of carbonyl (C=O) groups is 1. The number of quaternary nitrogens is 1. The van der Waals surface area contributed by atoms with E-state index in [-0.39, 0.29) is 11.6 Å². The molecule has 1 aliphatic heterocycles. The molecule has 2 atom stereocenters. The average Bonchev–Trinajstić information content (AvgIpc) is 2.97. The van der Waals surface area contributed by atoms with E-state index in [0.717, 1.165) is 20.3 Å². The lowest BCUT2D eigenvalue weighted by molar-refractivity contribution is -0.710. The molecule has 1 amide bonds. The third-order valence-corrected chi connectivity index (χ3v) is 4.92. The number of ether oxygens (including phenoxy) is 1. The Morgan fingerprint density at radius 2 is 2.00 bits per heavy atom. The Morgan fingerprint density at radius 1 is 1.28 bits per heavy atom. The van der Waals surface area contributed by atoms with Crippen LogP contribution in [0, 0.1) is 8.78 Å². The number of aliphatic imine (C=N–C) groups is 1. The molecular formula is C22H24IN3O3. The van der Waals surface area contributed by atoms with E-state index in [9.17, 15) is 10.0 Å². The van der Waals surface area contributed by atoms with Crippen LogP contribution in [0.1, 0.15) is 31.9 Å². The zero-order valence-corrected chi connectivity index (χ0v) is 18.8. The minimum Gasteiger partial charge on any atom is -0.624 e. The van der Waals surface area contributed by atoms with Crippen LogP contribution in [0.3, 0.4) is 0 Å². The summed E-state index contributed by atoms with van der Waals surface area (Å²) in [6.45, 7) is 5.66. The van der Waals surface area contributed by atoms with Gasteiger partial charge in [0.1, 0.15) is 17.5 Å². The molecule has 2 aromatic rings. The van der Waals surface area contributed by atoms with Gasteiger partial charge in [0, 0.05) is 33.5 Å². The molecule has 7 heteroatoms. The maximum atomic E-state index is 12.5. The number of nitrogens with zero attached hydrogens (tertiary/aromatic N) is 1. The molecule has 0 bridgehead atoms. The van der Waals surface area contributed by atoms with Crippen molar-refractivity contribution in [1.29, 1.82) is 0 Å². The minimum atomic E-state index is -0.585. The van der Waals surface area contributed by atoms with Crippen LogP contribution < -0.4 is 10.4 Å². The summed E-state index contributed by atoms with van der Waals surface area (Å²) in [5.41, 5.74) is 2.69. The summed E-state index contributed by atoms with van der Waals surface area (Å²) in [7, 11) is 0. The van der Waals surface area contributed by atoms with Crippen molar-refractivity contribution < 1.29 is 14.6 Å². The summed E-state index contributed by atoms with van der Waals surface area (Å²) >= 11 is 2.19. The lowest BCUT2D eigenvalue weighted by Crippen LogP contribution is -2.95. The summed E-state index contributed by atoms with van der Waals surface area (Å²) in [4.78, 5) is 16.8. The van der Waals surface area contributed by atoms with Crippen LogP contribution in [0.5, 0.6) is 0 Å². The maximum Gasteiger partial charge on any atom is 0.407 e. The molecule has 152 valence electrons. The fourth-order valence-electron chi connectivity index (χ4n) is 3.00. The van der Waals surface area contributed by atoms with Crippen molar-refractivity contribution in [3.63, 3.8) is 0 Å². The lowest BCUT2D eigenvalue weighted by atomic mass is 10.0. The fourth-order valence-corrected chi connectivity index (χ4v) is 3.49. The van der Waals surface area contributed by atoms with Gasteiger partial charge in [-0.25, -0.2) is 4.79 Å². The van der Waals surface area contributed by atoms with Gasteiger partial charge in [-0.15, -0.1) is 0 Å². The smallest absolute Gasteiger partial charge is 0.407 e. The van der Waals surface area contributed by atoms with E-state index in [4.69, 9.17) is 4.74 Å². The second-order valence-corrected chi connectivity index (χ2v) is 8.99. The van der Waals surface area contributed by atoms with Gasteiger partial charge in [-0.05, 0) is 61.1 Å². The Morgan fingerprint density at radius 3 is 2.69 bits per heavy atom. The molecular weight excluding hydrogens is 481 g/mol. The third-order valence-electron chi connectivity index (χ3n) is 4.25. The number of amides is 1. The minimum absolute atomic E-state index is 0.0364. The van der Waals surface area contributed by atoms with E-state index < -0.39 is 17.7 Å². The molecule has 0 spiro atoms. The Labute approximate surface area is 184 Å². The molecule has 2 unspecified atom stereocenters. The van der Waals surface area contributed by atoms with Gasteiger partial charge in [-0.2, -0.15) is 0 Å². The number of nitrogens with one attached hydrogen (secondary N) is 2. The summed E-state index contributed by atoms with van der Waals surface area (Å²) in [6, 6.07) is 15.1. The molecule has 3 rings (SSSR count). The largest absolute Gasteiger partial charge is 0.624 e. The van der Waals surface area contributed by atoms with Crippen molar-refractivity contribution in [3.05, 3.63) is 74.6 Å². The summed E-state index contributed by atoms with van der Waals surface area (Å²) in [5.74, 6) is 0. The number of rotatable bonds is 5. The SMILES string of the molecule is CC(C)(C)OC(=O)NCC(N=Cc1ccccc1)C1=C[NH+]([O-])c2cc(I)ccc21. The van der Waals surface area contributed by atoms with E-state index in [0.29, 0.717) is 5.69 Å². The van der Waals surface area contributed by atoms with Crippen molar-refractivity contribution in [2.45, 2.75) is 32.4 Å². The van der Waals surface area contributed by atoms with Crippen molar-refractivity contribution in [1.82, 2.24) is 5.32 Å². The highest BCUT2D eigenvalue weighted by Gasteiger charge is 2.28. The predicted octanol–water partition coefficient (Wildman–Crippen LogP) is 3.67. The van der Waals surface area contributed by atoms with E-state index in [1.54, 1.807) is 12.4 Å². The van der Waals surface area contributed by atoms with E-state index in [2.05, 4.69) is 32.9 Å². The van der Waals surface area contributed by atoms with Crippen LogP contribution in [0.15, 0.2) is 59.7 Å². The molecule has 29 heavy (non-hydrogen) atoms. The highest BCUT2D eigenvalue weighted by atomic mass is 127. The number of fused-ring (bicyclic) bond motifs is 1. The van der Waals surface area contributed by atoms with Gasteiger partial charge in [-0.1, -0.05) is 30.3 Å². The number of hydroxylamine groups is 1. The Kier molecular flexibility index (Phi) is 6.71. The van der Waals surface area contributed by atoms with Gasteiger partial charge in [0.2, 0.25) is 0 Å². The molecule has 0 aliphatic carbocycles. The molecule has 2 aromatic carbocycles. The Hall–Kier alpha value is -2.23. The number of benzene rings is 2. The number of halogens is 1. The van der Waals surface area contributed by atoms with Crippen LogP contribution in [0.4, 0.5) is 10.5 Å². The zero-order valence-electron chi connectivity index (χ0n) is 16.6. The molecule has 0 aromatic heterocycles. The van der Waals surface area contributed by atoms with Gasteiger partial charge >= 0.3 is 6.09 Å². The lowest BCUT2D eigenvalue weighted by Gasteiger charge is -2.21. The molecule has 0 radical (unpaired) electrons. The van der Waals surface area contributed by atoms with Crippen molar-refractivity contribution in [2.75, 3.05) is 6.54 Å². The van der Waals surface area contributed by atoms with E-state index >= 15 is 0 Å². The van der Waals surface area contributed by atoms with Gasteiger partial charge in [0.15, 0.2) is 0 Å². The van der Waals surface area contributed by atoms with Crippen LogP contribution in [0.2, 0.25) is 0 Å². The Bertz CT molecular complexity index is 936. The number of hydrogen-bond acceptors (Lipinski definition) is 4. The zero-order chi connectivity index (χ0) is 21.0. The standard InChI is InChI=1S/C22H24IN3O3/c1-22(2,3)29-21(27)25-13-19(24-12-15-7-5-4-6-8-15)18-14-26(28)20-11-16(23)9-10-17(18)20/h4-12,14,19,26H,13H2,1-3H3,(H,25,27). The highest BCUT2D eigenvalue weighted by molar-refractivity contribution is 14.1. The summed E-state index contributed by atoms with van der Waals surface area (Å²) in [5, 5.41) is 15.2. The van der Waals surface area contributed by atoms with Crippen LogP contribution in [0.25, 0.3) is 5.57 Å². The van der Waals surface area contributed by atoms with Gasteiger partial charge < -0.3 is 20.3 Å². The van der Waals surface area contributed by atoms with Crippen molar-refractivity contribution >= 4 is 46.2 Å². The van der Waals surface area contributed by atoms with Gasteiger partial charge in [0.25, 0.3) is 0 Å². The maximum absolute atomic E-state index is 12.5. The third kappa shape index (κ3) is 5.88. The summed E-state index contributed by atoms with van der Waals surface area (Å²) in [6.07, 6.45) is 2.87. The normalized spacial score (nSPS) is 17.0. The van der Waals surface area contributed by atoms with Crippen LogP contribution in [-0.4, -0.2) is 30.5 Å². The van der Waals surface area contributed by atoms with Crippen molar-refractivity contribution in [3.8, 4) is 0 Å². The van der Waals surface area contributed by atoms with E-state index in [1.807, 2.05) is 69.3 Å². The van der Waals surface area contributed by atoms with Gasteiger partial charge in [0.05, 0.1) is 6.04 Å². The topological polar surface area (TPSA) is 78.2 Å². The monoisotopic (exact) mass is 505 g/mol. The highest BCUT2D eigenvalue weighted by Crippen LogP contribution is 2.30. The average molecular weight is 505 g/mol. The number of hydrogen-bond donors (Lipinski definition) is 2. The first-order chi connectivity index (χ1) is 13.7. The van der Waals surface area contributed by atoms with Crippen LogP contribution in [-0.2, 0) is 4.74 Å². The number of carbonyl (C=O) groups excluding carboxylic acids is 1. The second-order valence-electron chi connectivity index (χ2n) is 7.74. The molecule has 1 heterocycles. The molecule has 0 fully saturated rings. The van der Waals surface area contributed by atoms with Crippen LogP contribution >= 0.6 is 22.6 Å². The van der Waals surface area contributed by atoms with Gasteiger partial charge in [-0.3, -0.25) is 4.99 Å². The van der Waals surface area contributed by atoms with E-state index in [1.165, 1.54) is 0 Å². The van der Waals surface area contributed by atoms with Crippen molar-refractivity contribution in [2.24, 2.45) is 4.99 Å². The summed E-state index contributed by atoms with van der Waals surface area (Å²) < 4.78 is 6.33. The molecule has 1 aliphatic rings.